The molecule has 0 saturated carbocycles. The molecule has 0 bridgehead atoms. The molecule has 0 heteroatoms. The van der Waals surface area contributed by atoms with Gasteiger partial charge in [-0.1, -0.05) is 170 Å². The second kappa shape index (κ2) is 10.2. The van der Waals surface area contributed by atoms with E-state index in [1.807, 2.05) is 0 Å². The first-order valence-electron chi connectivity index (χ1n) is 20.4. The van der Waals surface area contributed by atoms with Crippen LogP contribution in [-0.4, -0.2) is 0 Å². The molecular formula is C58H30. The van der Waals surface area contributed by atoms with Crippen LogP contribution < -0.4 is 0 Å². The lowest BCUT2D eigenvalue weighted by molar-refractivity contribution is 1.62. The molecule has 0 aliphatic heterocycles. The third kappa shape index (κ3) is 3.39. The standard InChI is InChI=1S/C58H30/c1-3-11-31(12-4-1)33-19-20-36-39-21-22-40-42-25-27-45-54-46(28-26-43(53(42)54)41-23-24-44(47(36)29-33)51(39)52(40)41)57-55-38-18-10-9-17-37(38)50-35-16-8-7-15-34(35)30-48(58(50)55)49(56(45)57)32-13-5-2-6-14-32/h1-30H. The van der Waals surface area contributed by atoms with E-state index in [4.69, 9.17) is 0 Å². The molecule has 0 saturated heterocycles. The van der Waals surface area contributed by atoms with Crippen molar-refractivity contribution in [1.29, 1.82) is 0 Å². The molecule has 0 N–H and O–H groups in total. The van der Waals surface area contributed by atoms with Crippen molar-refractivity contribution < 1.29 is 0 Å². The van der Waals surface area contributed by atoms with Crippen molar-refractivity contribution >= 4 is 108 Å². The molecule has 0 fully saturated rings. The van der Waals surface area contributed by atoms with Crippen LogP contribution in [0, 0.1) is 0 Å². The fourth-order valence-corrected chi connectivity index (χ4v) is 11.8. The fraction of sp³-hybridized carbons (Fsp3) is 0. The molecule has 15 rings (SSSR count). The van der Waals surface area contributed by atoms with Crippen LogP contribution in [0.5, 0.6) is 0 Å². The van der Waals surface area contributed by atoms with E-state index in [-0.39, 0.29) is 0 Å². The Bertz CT molecular complexity index is 4080. The van der Waals surface area contributed by atoms with Gasteiger partial charge in [0.05, 0.1) is 0 Å². The van der Waals surface area contributed by atoms with E-state index in [9.17, 15) is 0 Å². The van der Waals surface area contributed by atoms with Gasteiger partial charge in [-0.25, -0.2) is 0 Å². The van der Waals surface area contributed by atoms with E-state index in [0.29, 0.717) is 0 Å². The summed E-state index contributed by atoms with van der Waals surface area (Å²) in [7, 11) is 0. The van der Waals surface area contributed by atoms with E-state index < -0.39 is 0 Å². The van der Waals surface area contributed by atoms with E-state index >= 15 is 0 Å². The Morgan fingerprint density at radius 1 is 0.190 bits per heavy atom. The van der Waals surface area contributed by atoms with Crippen molar-refractivity contribution in [2.24, 2.45) is 0 Å². The van der Waals surface area contributed by atoms with Gasteiger partial charge in [-0.15, -0.1) is 0 Å². The highest BCUT2D eigenvalue weighted by molar-refractivity contribution is 6.52. The van der Waals surface area contributed by atoms with Gasteiger partial charge >= 0.3 is 0 Å². The highest BCUT2D eigenvalue weighted by atomic mass is 14.3. The summed E-state index contributed by atoms with van der Waals surface area (Å²) in [6.45, 7) is 0. The summed E-state index contributed by atoms with van der Waals surface area (Å²) in [5, 5.41) is 27.2. The molecule has 0 radical (unpaired) electrons. The van der Waals surface area contributed by atoms with Crippen LogP contribution in [0.1, 0.15) is 0 Å². The van der Waals surface area contributed by atoms with Crippen LogP contribution in [0.4, 0.5) is 0 Å². The third-order valence-electron chi connectivity index (χ3n) is 14.0. The van der Waals surface area contributed by atoms with Gasteiger partial charge in [0, 0.05) is 0 Å². The summed E-state index contributed by atoms with van der Waals surface area (Å²) >= 11 is 0. The van der Waals surface area contributed by atoms with Crippen LogP contribution in [-0.2, 0) is 0 Å². The minimum atomic E-state index is 1.25. The van der Waals surface area contributed by atoms with Crippen LogP contribution in [0.2, 0.25) is 0 Å². The zero-order valence-electron chi connectivity index (χ0n) is 31.3. The Morgan fingerprint density at radius 2 is 0.638 bits per heavy atom. The first kappa shape index (κ1) is 29.7. The lowest BCUT2D eigenvalue weighted by Crippen LogP contribution is -1.88. The van der Waals surface area contributed by atoms with Gasteiger partial charge < -0.3 is 0 Å². The van der Waals surface area contributed by atoms with Crippen molar-refractivity contribution in [3.63, 3.8) is 0 Å². The average molecular weight is 727 g/mol. The van der Waals surface area contributed by atoms with Crippen LogP contribution >= 0.6 is 0 Å². The number of rotatable bonds is 2. The molecule has 0 nitrogen and oxygen atoms in total. The van der Waals surface area contributed by atoms with Crippen LogP contribution in [0.3, 0.4) is 0 Å². The maximum Gasteiger partial charge on any atom is -0.000696 e. The van der Waals surface area contributed by atoms with Crippen LogP contribution in [0.15, 0.2) is 182 Å². The molecule has 0 heterocycles. The van der Waals surface area contributed by atoms with Gasteiger partial charge in [-0.3, -0.25) is 0 Å². The SMILES string of the molecule is c1ccc(-c2ccc3c(c2)-c2ccc4c5ccc6c7c(ccc(c8ccc-3c2c84)c57)c2c(-c3ccccc3)c3cc4ccccc4c4c5ccccc5c(c62)c34)cc1. The topological polar surface area (TPSA) is 0 Å². The number of fused-ring (bicyclic) bond motifs is 14. The van der Waals surface area contributed by atoms with Gasteiger partial charge in [-0.05, 0) is 164 Å². The number of hydrogen-bond acceptors (Lipinski definition) is 0. The van der Waals surface area contributed by atoms with Crippen molar-refractivity contribution in [2.45, 2.75) is 0 Å². The molecule has 1 aliphatic rings. The fourth-order valence-electron chi connectivity index (χ4n) is 11.8. The zero-order chi connectivity index (χ0) is 37.4. The highest BCUT2D eigenvalue weighted by Gasteiger charge is 2.29. The maximum atomic E-state index is 2.48. The monoisotopic (exact) mass is 726 g/mol. The van der Waals surface area contributed by atoms with E-state index in [1.54, 1.807) is 0 Å². The quantitative estimate of drug-likeness (QED) is 0.123. The Hall–Kier alpha value is -7.54. The Morgan fingerprint density at radius 3 is 1.36 bits per heavy atom. The predicted octanol–water partition coefficient (Wildman–Crippen LogP) is 16.5. The third-order valence-corrected chi connectivity index (χ3v) is 14.0. The van der Waals surface area contributed by atoms with E-state index in [2.05, 4.69) is 182 Å². The summed E-state index contributed by atoms with van der Waals surface area (Å²) in [5.41, 5.74) is 10.5. The zero-order valence-corrected chi connectivity index (χ0v) is 31.3. The molecule has 14 aromatic carbocycles. The molecule has 0 spiro atoms. The predicted molar refractivity (Wildman–Crippen MR) is 250 cm³/mol. The lowest BCUT2D eigenvalue weighted by atomic mass is 9.87. The van der Waals surface area contributed by atoms with Gasteiger partial charge in [-0.2, -0.15) is 0 Å². The molecule has 0 aromatic heterocycles. The molecule has 1 aliphatic carbocycles. The molecule has 0 atom stereocenters. The van der Waals surface area contributed by atoms with Gasteiger partial charge in [0.2, 0.25) is 0 Å². The first-order valence-corrected chi connectivity index (χ1v) is 20.4. The Labute approximate surface area is 332 Å². The van der Waals surface area contributed by atoms with Crippen molar-refractivity contribution in [3.05, 3.63) is 182 Å². The summed E-state index contributed by atoms with van der Waals surface area (Å²) in [6, 6.07) is 69.0. The average Bonchev–Trinajstić information content (AvgIpc) is 3.93. The molecule has 262 valence electrons. The molecule has 14 aromatic rings. The summed E-state index contributed by atoms with van der Waals surface area (Å²) < 4.78 is 0. The van der Waals surface area contributed by atoms with Crippen molar-refractivity contribution in [1.82, 2.24) is 0 Å². The Kier molecular flexibility index (Phi) is 5.25. The molecule has 0 amide bonds. The number of hydrogen-bond donors (Lipinski definition) is 0. The van der Waals surface area contributed by atoms with Crippen LogP contribution in [0.25, 0.3) is 152 Å². The minimum absolute atomic E-state index is 1.25. The lowest BCUT2D eigenvalue weighted by Gasteiger charge is -2.16. The maximum absolute atomic E-state index is 2.48. The highest BCUT2D eigenvalue weighted by Crippen LogP contribution is 2.58. The normalized spacial score (nSPS) is 12.8. The van der Waals surface area contributed by atoms with Gasteiger partial charge in [0.25, 0.3) is 0 Å². The van der Waals surface area contributed by atoms with Crippen molar-refractivity contribution in [3.8, 4) is 44.5 Å². The molecule has 58 heavy (non-hydrogen) atoms. The molecular weight excluding hydrogens is 697 g/mol. The summed E-state index contributed by atoms with van der Waals surface area (Å²) in [4.78, 5) is 0. The summed E-state index contributed by atoms with van der Waals surface area (Å²) in [6.07, 6.45) is 0. The minimum Gasteiger partial charge on any atom is -0.0622 e. The largest absolute Gasteiger partial charge is 0.0622 e. The smallest absolute Gasteiger partial charge is 0.000696 e. The summed E-state index contributed by atoms with van der Waals surface area (Å²) in [5.74, 6) is 0. The van der Waals surface area contributed by atoms with E-state index in [1.165, 1.54) is 152 Å². The first-order chi connectivity index (χ1) is 28.8. The van der Waals surface area contributed by atoms with E-state index in [0.717, 1.165) is 0 Å². The second-order valence-electron chi connectivity index (χ2n) is 16.6. The van der Waals surface area contributed by atoms with Gasteiger partial charge in [0.1, 0.15) is 0 Å². The number of benzene rings is 12. The van der Waals surface area contributed by atoms with Crippen molar-refractivity contribution in [2.75, 3.05) is 0 Å². The van der Waals surface area contributed by atoms with Gasteiger partial charge in [0.15, 0.2) is 0 Å². The molecule has 0 unspecified atom stereocenters. The Balaban J connectivity index is 1.13. The second-order valence-corrected chi connectivity index (χ2v) is 16.6.